The van der Waals surface area contributed by atoms with Gasteiger partial charge in [0, 0.05) is 6.04 Å². The quantitative estimate of drug-likeness (QED) is 0.585. The Bertz CT molecular complexity index is 159. The minimum atomic E-state index is 0.119. The van der Waals surface area contributed by atoms with Gasteiger partial charge in [-0.2, -0.15) is 0 Å². The fourth-order valence-electron chi connectivity index (χ4n) is 1.20. The maximum atomic E-state index is 10.6. The molecule has 0 aromatic rings. The summed E-state index contributed by atoms with van der Waals surface area (Å²) >= 11 is 0. The smallest absolute Gasteiger partial charge is 0.152 e. The molecule has 0 amide bonds. The fourth-order valence-corrected chi connectivity index (χ4v) is 1.20. The molecule has 0 aliphatic rings. The second-order valence-electron chi connectivity index (χ2n) is 2.93. The van der Waals surface area contributed by atoms with E-state index in [4.69, 9.17) is 0 Å². The average molecular weight is 169 g/mol. The molecular formula is C10H19NO. The third-order valence-corrected chi connectivity index (χ3v) is 2.00. The Labute approximate surface area is 75.3 Å². The Balaban J connectivity index is 3.99. The van der Waals surface area contributed by atoms with Crippen LogP contribution in [0.25, 0.3) is 0 Å². The van der Waals surface area contributed by atoms with Crippen LogP contribution < -0.4 is 0 Å². The van der Waals surface area contributed by atoms with Crippen LogP contribution in [0.1, 0.15) is 27.7 Å². The number of carbonyl (C=O) groups is 1. The van der Waals surface area contributed by atoms with E-state index in [1.807, 2.05) is 6.08 Å². The van der Waals surface area contributed by atoms with E-state index in [9.17, 15) is 4.79 Å². The van der Waals surface area contributed by atoms with Crippen LogP contribution in [0.4, 0.5) is 0 Å². The van der Waals surface area contributed by atoms with E-state index in [0.29, 0.717) is 6.04 Å². The van der Waals surface area contributed by atoms with Gasteiger partial charge in [-0.3, -0.25) is 9.69 Å². The van der Waals surface area contributed by atoms with Gasteiger partial charge < -0.3 is 0 Å². The molecule has 0 saturated heterocycles. The third-order valence-electron chi connectivity index (χ3n) is 2.00. The molecule has 0 rings (SSSR count). The molecule has 12 heavy (non-hydrogen) atoms. The number of hydrogen-bond donors (Lipinski definition) is 0. The van der Waals surface area contributed by atoms with Crippen molar-refractivity contribution in [3.05, 3.63) is 12.2 Å². The van der Waals surface area contributed by atoms with E-state index in [0.717, 1.165) is 13.1 Å². The normalized spacial score (nSPS) is 14.1. The predicted molar refractivity (Wildman–Crippen MR) is 52.2 cm³/mol. The van der Waals surface area contributed by atoms with E-state index >= 15 is 0 Å². The zero-order chi connectivity index (χ0) is 9.56. The Morgan fingerprint density at radius 3 is 2.25 bits per heavy atom. The average Bonchev–Trinajstić information content (AvgIpc) is 2.03. The lowest BCUT2D eigenvalue weighted by Crippen LogP contribution is -2.31. The fraction of sp³-hybridized carbons (Fsp3) is 0.700. The number of hydrogen-bond acceptors (Lipinski definition) is 2. The van der Waals surface area contributed by atoms with Crippen molar-refractivity contribution in [1.29, 1.82) is 0 Å². The van der Waals surface area contributed by atoms with E-state index in [-0.39, 0.29) is 5.78 Å². The van der Waals surface area contributed by atoms with Gasteiger partial charge in [0.1, 0.15) is 0 Å². The van der Waals surface area contributed by atoms with Crippen molar-refractivity contribution in [3.8, 4) is 0 Å². The number of carbonyl (C=O) groups excluding carboxylic acids is 1. The van der Waals surface area contributed by atoms with Crippen LogP contribution in [0.2, 0.25) is 0 Å². The van der Waals surface area contributed by atoms with E-state index in [1.54, 1.807) is 13.0 Å². The molecular weight excluding hydrogens is 150 g/mol. The molecule has 0 bridgehead atoms. The number of allylic oxidation sites excluding steroid dienone is 1. The number of likely N-dealkylation sites (N-methyl/N-ethyl adjacent to an activating group) is 1. The molecule has 0 aliphatic heterocycles. The molecule has 0 fully saturated rings. The zero-order valence-corrected chi connectivity index (χ0v) is 8.50. The summed E-state index contributed by atoms with van der Waals surface area (Å²) in [7, 11) is 0. The molecule has 2 nitrogen and oxygen atoms in total. The second-order valence-corrected chi connectivity index (χ2v) is 2.93. The molecule has 0 aromatic heterocycles. The molecule has 0 N–H and O–H groups in total. The number of nitrogens with zero attached hydrogens (tertiary/aromatic N) is 1. The van der Waals surface area contributed by atoms with E-state index in [1.165, 1.54) is 0 Å². The monoisotopic (exact) mass is 169 g/mol. The maximum Gasteiger partial charge on any atom is 0.152 e. The molecule has 0 aromatic carbocycles. The highest BCUT2D eigenvalue weighted by Gasteiger charge is 2.05. The van der Waals surface area contributed by atoms with Crippen molar-refractivity contribution < 1.29 is 4.79 Å². The molecule has 0 unspecified atom stereocenters. The van der Waals surface area contributed by atoms with Crippen LogP contribution in [-0.2, 0) is 4.79 Å². The van der Waals surface area contributed by atoms with Crippen LogP contribution in [0, 0.1) is 0 Å². The highest BCUT2D eigenvalue weighted by molar-refractivity contribution is 5.87. The lowest BCUT2D eigenvalue weighted by molar-refractivity contribution is -0.112. The van der Waals surface area contributed by atoms with Gasteiger partial charge in [-0.15, -0.1) is 0 Å². The van der Waals surface area contributed by atoms with Crippen LogP contribution in [-0.4, -0.2) is 29.8 Å². The minimum absolute atomic E-state index is 0.119. The summed E-state index contributed by atoms with van der Waals surface area (Å²) in [6.45, 7) is 9.99. The van der Waals surface area contributed by atoms with Crippen molar-refractivity contribution in [2.45, 2.75) is 33.7 Å². The Morgan fingerprint density at radius 1 is 1.42 bits per heavy atom. The Kier molecular flexibility index (Phi) is 5.64. The first-order valence-electron chi connectivity index (χ1n) is 4.54. The first kappa shape index (κ1) is 11.4. The summed E-state index contributed by atoms with van der Waals surface area (Å²) in [4.78, 5) is 12.9. The van der Waals surface area contributed by atoms with Crippen molar-refractivity contribution in [3.63, 3.8) is 0 Å². The highest BCUT2D eigenvalue weighted by Crippen LogP contribution is 1.99. The van der Waals surface area contributed by atoms with Gasteiger partial charge in [-0.25, -0.2) is 0 Å². The Morgan fingerprint density at radius 2 is 1.92 bits per heavy atom. The van der Waals surface area contributed by atoms with Gasteiger partial charge >= 0.3 is 0 Å². The molecule has 70 valence electrons. The topological polar surface area (TPSA) is 20.3 Å². The van der Waals surface area contributed by atoms with Gasteiger partial charge in [0.15, 0.2) is 5.78 Å². The van der Waals surface area contributed by atoms with Gasteiger partial charge in [0.25, 0.3) is 0 Å². The van der Waals surface area contributed by atoms with Crippen LogP contribution in [0.3, 0.4) is 0 Å². The number of ketones is 1. The second kappa shape index (κ2) is 5.95. The Hall–Kier alpha value is -0.630. The summed E-state index contributed by atoms with van der Waals surface area (Å²) in [6, 6.07) is 0.365. The standard InChI is InChI=1S/C10H19NO/c1-5-11(6-2)9(3)7-8-10(4)12/h7-9H,5-6H2,1-4H3/b8-7+/t9-/m1/s1. The summed E-state index contributed by atoms with van der Waals surface area (Å²) < 4.78 is 0. The largest absolute Gasteiger partial charge is 0.298 e. The molecule has 1 atom stereocenters. The summed E-state index contributed by atoms with van der Waals surface area (Å²) in [5, 5.41) is 0. The zero-order valence-electron chi connectivity index (χ0n) is 8.50. The van der Waals surface area contributed by atoms with Gasteiger partial charge in [0.05, 0.1) is 0 Å². The first-order valence-corrected chi connectivity index (χ1v) is 4.54. The molecule has 0 saturated carbocycles. The van der Waals surface area contributed by atoms with E-state index < -0.39 is 0 Å². The van der Waals surface area contributed by atoms with E-state index in [2.05, 4.69) is 25.7 Å². The molecule has 0 radical (unpaired) electrons. The van der Waals surface area contributed by atoms with Crippen molar-refractivity contribution in [1.82, 2.24) is 4.90 Å². The summed E-state index contributed by atoms with van der Waals surface area (Å²) in [6.07, 6.45) is 3.60. The lowest BCUT2D eigenvalue weighted by atomic mass is 10.2. The third kappa shape index (κ3) is 4.29. The molecule has 2 heteroatoms. The van der Waals surface area contributed by atoms with Crippen LogP contribution in [0.15, 0.2) is 12.2 Å². The number of rotatable bonds is 5. The van der Waals surface area contributed by atoms with Crippen molar-refractivity contribution in [2.75, 3.05) is 13.1 Å². The molecule has 0 aliphatic carbocycles. The maximum absolute atomic E-state index is 10.6. The summed E-state index contributed by atoms with van der Waals surface area (Å²) in [5.41, 5.74) is 0. The minimum Gasteiger partial charge on any atom is -0.298 e. The highest BCUT2D eigenvalue weighted by atomic mass is 16.1. The van der Waals surface area contributed by atoms with Gasteiger partial charge in [0.2, 0.25) is 0 Å². The van der Waals surface area contributed by atoms with Crippen LogP contribution >= 0.6 is 0 Å². The molecule has 0 spiro atoms. The lowest BCUT2D eigenvalue weighted by Gasteiger charge is -2.23. The van der Waals surface area contributed by atoms with Gasteiger partial charge in [-0.05, 0) is 33.0 Å². The van der Waals surface area contributed by atoms with Crippen molar-refractivity contribution in [2.24, 2.45) is 0 Å². The molecule has 0 heterocycles. The van der Waals surface area contributed by atoms with Gasteiger partial charge in [-0.1, -0.05) is 19.9 Å². The van der Waals surface area contributed by atoms with Crippen LogP contribution in [0.5, 0.6) is 0 Å². The SMILES string of the molecule is CCN(CC)[C@H](C)/C=C/C(C)=O. The first-order chi connectivity index (χ1) is 5.61. The summed E-state index contributed by atoms with van der Waals surface area (Å²) in [5.74, 6) is 0.119. The van der Waals surface area contributed by atoms with Crippen molar-refractivity contribution >= 4 is 5.78 Å². The predicted octanol–water partition coefficient (Wildman–Crippen LogP) is 1.86.